The van der Waals surface area contributed by atoms with Gasteiger partial charge in [0.05, 0.1) is 12.6 Å². The molecule has 1 aliphatic rings. The monoisotopic (exact) mass is 244 g/mol. The average Bonchev–Trinajstić information content (AvgIpc) is 2.62. The van der Waals surface area contributed by atoms with E-state index in [0.29, 0.717) is 13.2 Å². The number of hydrogen-bond donors (Lipinski definition) is 2. The smallest absolute Gasteiger partial charge is 0.237 e. The minimum absolute atomic E-state index is 0.0766. The maximum absolute atomic E-state index is 11.6. The Morgan fingerprint density at radius 1 is 1.59 bits per heavy atom. The fourth-order valence-electron chi connectivity index (χ4n) is 1.76. The summed E-state index contributed by atoms with van der Waals surface area (Å²) in [6, 6.07) is -0.412. The van der Waals surface area contributed by atoms with Crippen molar-refractivity contribution in [2.45, 2.75) is 58.0 Å². The van der Waals surface area contributed by atoms with Gasteiger partial charge in [0.15, 0.2) is 5.79 Å². The third kappa shape index (κ3) is 5.02. The molecule has 1 saturated heterocycles. The molecule has 0 spiro atoms. The molecule has 2 atom stereocenters. The number of amides is 1. The zero-order valence-corrected chi connectivity index (χ0v) is 11.0. The highest BCUT2D eigenvalue weighted by Gasteiger charge is 2.32. The Balaban J connectivity index is 2.20. The highest BCUT2D eigenvalue weighted by atomic mass is 16.7. The second-order valence-electron chi connectivity index (χ2n) is 4.94. The number of unbranched alkanes of at least 4 members (excludes halogenated alkanes) is 1. The van der Waals surface area contributed by atoms with E-state index >= 15 is 0 Å². The first-order chi connectivity index (χ1) is 7.94. The first kappa shape index (κ1) is 14.4. The molecular formula is C12H24N2O3. The predicted molar refractivity (Wildman–Crippen MR) is 65.4 cm³/mol. The molecule has 3 N–H and O–H groups in total. The summed E-state index contributed by atoms with van der Waals surface area (Å²) in [6.07, 6.45) is 2.68. The minimum atomic E-state index is -0.542. The van der Waals surface area contributed by atoms with Crippen LogP contribution in [0.15, 0.2) is 0 Å². The van der Waals surface area contributed by atoms with Crippen molar-refractivity contribution in [3.05, 3.63) is 0 Å². The van der Waals surface area contributed by atoms with Gasteiger partial charge in [0, 0.05) is 6.54 Å². The highest BCUT2D eigenvalue weighted by molar-refractivity contribution is 5.81. The lowest BCUT2D eigenvalue weighted by Gasteiger charge is -2.18. The summed E-state index contributed by atoms with van der Waals surface area (Å²) in [5.41, 5.74) is 5.76. The van der Waals surface area contributed by atoms with Gasteiger partial charge in [-0.1, -0.05) is 19.8 Å². The van der Waals surface area contributed by atoms with Gasteiger partial charge in [-0.15, -0.1) is 0 Å². The van der Waals surface area contributed by atoms with Crippen LogP contribution in [0.4, 0.5) is 0 Å². The first-order valence-corrected chi connectivity index (χ1v) is 6.29. The Hall–Kier alpha value is -0.650. The quantitative estimate of drug-likeness (QED) is 0.724. The van der Waals surface area contributed by atoms with E-state index in [1.165, 1.54) is 0 Å². The third-order valence-corrected chi connectivity index (χ3v) is 2.78. The number of carbonyl (C=O) groups is 1. The van der Waals surface area contributed by atoms with Crippen LogP contribution in [0, 0.1) is 0 Å². The van der Waals surface area contributed by atoms with Crippen molar-refractivity contribution in [2.24, 2.45) is 5.73 Å². The zero-order chi connectivity index (χ0) is 12.9. The molecule has 0 aliphatic carbocycles. The molecular weight excluding hydrogens is 220 g/mol. The van der Waals surface area contributed by atoms with Crippen LogP contribution < -0.4 is 11.1 Å². The fraction of sp³-hybridized carbons (Fsp3) is 0.917. The van der Waals surface area contributed by atoms with E-state index in [-0.39, 0.29) is 12.0 Å². The molecule has 5 nitrogen and oxygen atoms in total. The molecule has 0 aromatic rings. The lowest BCUT2D eigenvalue weighted by Crippen LogP contribution is -2.44. The summed E-state index contributed by atoms with van der Waals surface area (Å²) < 4.78 is 11.0. The molecule has 1 aliphatic heterocycles. The number of rotatable bonds is 6. The fourth-order valence-corrected chi connectivity index (χ4v) is 1.76. The average molecular weight is 244 g/mol. The lowest BCUT2D eigenvalue weighted by atomic mass is 10.1. The SMILES string of the molecule is CCCCC(N)C(=O)NCC1COC(C)(C)O1. The van der Waals surface area contributed by atoms with E-state index in [2.05, 4.69) is 12.2 Å². The van der Waals surface area contributed by atoms with Crippen LogP contribution in [-0.4, -0.2) is 37.0 Å². The Kier molecular flexibility index (Phi) is 5.36. The van der Waals surface area contributed by atoms with E-state index in [4.69, 9.17) is 15.2 Å². The lowest BCUT2D eigenvalue weighted by molar-refractivity contribution is -0.139. The van der Waals surface area contributed by atoms with E-state index in [1.54, 1.807) is 0 Å². The van der Waals surface area contributed by atoms with Gasteiger partial charge < -0.3 is 20.5 Å². The van der Waals surface area contributed by atoms with Gasteiger partial charge in [-0.25, -0.2) is 0 Å². The second kappa shape index (κ2) is 6.33. The van der Waals surface area contributed by atoms with Gasteiger partial charge in [-0.3, -0.25) is 4.79 Å². The van der Waals surface area contributed by atoms with Crippen molar-refractivity contribution < 1.29 is 14.3 Å². The predicted octanol–water partition coefficient (Wildman–Crippen LogP) is 0.772. The first-order valence-electron chi connectivity index (χ1n) is 6.29. The van der Waals surface area contributed by atoms with Gasteiger partial charge in [0.25, 0.3) is 0 Å². The van der Waals surface area contributed by atoms with Gasteiger partial charge in [0.1, 0.15) is 6.10 Å². The summed E-state index contributed by atoms with van der Waals surface area (Å²) in [4.78, 5) is 11.6. The molecule has 5 heteroatoms. The standard InChI is InChI=1S/C12H24N2O3/c1-4-5-6-10(13)11(15)14-7-9-8-16-12(2,3)17-9/h9-10H,4-8,13H2,1-3H3,(H,14,15). The molecule has 2 unspecified atom stereocenters. The Labute approximate surface area is 103 Å². The van der Waals surface area contributed by atoms with E-state index in [9.17, 15) is 4.79 Å². The van der Waals surface area contributed by atoms with Crippen molar-refractivity contribution in [1.82, 2.24) is 5.32 Å². The largest absolute Gasteiger partial charge is 0.352 e. The molecule has 1 heterocycles. The number of carbonyl (C=O) groups excluding carboxylic acids is 1. The summed E-state index contributed by atoms with van der Waals surface area (Å²) in [7, 11) is 0. The van der Waals surface area contributed by atoms with Gasteiger partial charge in [-0.05, 0) is 20.3 Å². The normalized spacial score (nSPS) is 24.6. The van der Waals surface area contributed by atoms with E-state index in [1.807, 2.05) is 13.8 Å². The molecule has 0 aromatic heterocycles. The summed E-state index contributed by atoms with van der Waals surface area (Å²) in [6.45, 7) is 6.78. The van der Waals surface area contributed by atoms with Crippen molar-refractivity contribution >= 4 is 5.91 Å². The molecule has 0 saturated carbocycles. The van der Waals surface area contributed by atoms with Gasteiger partial charge in [-0.2, -0.15) is 0 Å². The second-order valence-corrected chi connectivity index (χ2v) is 4.94. The van der Waals surface area contributed by atoms with Crippen LogP contribution in [0.3, 0.4) is 0 Å². The maximum Gasteiger partial charge on any atom is 0.237 e. The van der Waals surface area contributed by atoms with E-state index < -0.39 is 11.8 Å². The van der Waals surface area contributed by atoms with Crippen LogP contribution in [0.2, 0.25) is 0 Å². The molecule has 0 aromatic carbocycles. The number of ether oxygens (including phenoxy) is 2. The Bertz CT molecular complexity index is 256. The van der Waals surface area contributed by atoms with Crippen LogP contribution >= 0.6 is 0 Å². The van der Waals surface area contributed by atoms with Gasteiger partial charge in [0.2, 0.25) is 5.91 Å². The summed E-state index contributed by atoms with van der Waals surface area (Å²) in [5, 5.41) is 2.80. The molecule has 1 amide bonds. The van der Waals surface area contributed by atoms with Crippen LogP contribution in [0.5, 0.6) is 0 Å². The molecule has 1 fully saturated rings. The van der Waals surface area contributed by atoms with E-state index in [0.717, 1.165) is 19.3 Å². The summed E-state index contributed by atoms with van der Waals surface area (Å²) in [5.74, 6) is -0.647. The number of nitrogens with one attached hydrogen (secondary N) is 1. The maximum atomic E-state index is 11.6. The molecule has 0 bridgehead atoms. The number of hydrogen-bond acceptors (Lipinski definition) is 4. The zero-order valence-electron chi connectivity index (χ0n) is 11.0. The summed E-state index contributed by atoms with van der Waals surface area (Å²) >= 11 is 0. The highest BCUT2D eigenvalue weighted by Crippen LogP contribution is 2.21. The van der Waals surface area contributed by atoms with Crippen molar-refractivity contribution in [1.29, 1.82) is 0 Å². The molecule has 1 rings (SSSR count). The van der Waals surface area contributed by atoms with Crippen LogP contribution in [-0.2, 0) is 14.3 Å². The Morgan fingerprint density at radius 3 is 2.82 bits per heavy atom. The van der Waals surface area contributed by atoms with Crippen LogP contribution in [0.25, 0.3) is 0 Å². The van der Waals surface area contributed by atoms with Crippen molar-refractivity contribution in [3.8, 4) is 0 Å². The molecule has 0 radical (unpaired) electrons. The Morgan fingerprint density at radius 2 is 2.29 bits per heavy atom. The van der Waals surface area contributed by atoms with Crippen molar-refractivity contribution in [2.75, 3.05) is 13.2 Å². The van der Waals surface area contributed by atoms with Gasteiger partial charge >= 0.3 is 0 Å². The topological polar surface area (TPSA) is 73.6 Å². The van der Waals surface area contributed by atoms with Crippen molar-refractivity contribution in [3.63, 3.8) is 0 Å². The molecule has 17 heavy (non-hydrogen) atoms. The van der Waals surface area contributed by atoms with Crippen LogP contribution in [0.1, 0.15) is 40.0 Å². The number of nitrogens with two attached hydrogens (primary N) is 1. The molecule has 100 valence electrons. The third-order valence-electron chi connectivity index (χ3n) is 2.78. The minimum Gasteiger partial charge on any atom is -0.352 e.